The number of hydrogen-bond acceptors (Lipinski definition) is 11. The number of piperidine rings is 2. The van der Waals surface area contributed by atoms with E-state index in [1.54, 1.807) is 36.7 Å². The fraction of sp³-hybridized carbons (Fsp3) is 0.400. The maximum atomic E-state index is 13.8. The fourth-order valence-corrected chi connectivity index (χ4v) is 8.62. The van der Waals surface area contributed by atoms with Gasteiger partial charge in [0, 0.05) is 81.3 Å². The topological polar surface area (TPSA) is 179 Å². The number of ether oxygens (including phenoxy) is 1. The normalized spacial score (nSPS) is 20.5. The van der Waals surface area contributed by atoms with Crippen molar-refractivity contribution in [1.82, 2.24) is 34.6 Å². The zero-order valence-electron chi connectivity index (χ0n) is 31.1. The number of nitrogens with one attached hydrogen (secondary N) is 2. The molecular weight excluding hydrogens is 718 g/mol. The number of rotatable bonds is 9. The molecule has 288 valence electrons. The molecule has 3 fully saturated rings. The molecule has 7 heterocycles. The van der Waals surface area contributed by atoms with E-state index in [0.29, 0.717) is 40.7 Å². The van der Waals surface area contributed by atoms with E-state index in [9.17, 15) is 28.8 Å². The molecule has 3 saturated heterocycles. The number of nitrogens with zero attached hydrogens (tertiary/aromatic N) is 7. The second-order valence-corrected chi connectivity index (χ2v) is 15.5. The van der Waals surface area contributed by atoms with Gasteiger partial charge in [-0.3, -0.25) is 39.0 Å². The number of hydrogen-bond donors (Lipinski definition) is 2. The monoisotopic (exact) mass is 759 g/mol. The molecule has 0 aliphatic carbocycles. The van der Waals surface area contributed by atoms with Crippen LogP contribution in [0.5, 0.6) is 5.75 Å². The van der Waals surface area contributed by atoms with Crippen molar-refractivity contribution in [3.8, 4) is 5.75 Å². The summed E-state index contributed by atoms with van der Waals surface area (Å²) in [5.41, 5.74) is 4.12. The number of carbonyl (C=O) groups is 6. The summed E-state index contributed by atoms with van der Waals surface area (Å²) in [4.78, 5) is 89.5. The van der Waals surface area contributed by atoms with E-state index in [0.717, 1.165) is 61.7 Å². The van der Waals surface area contributed by atoms with Crippen LogP contribution in [-0.2, 0) is 16.1 Å². The Morgan fingerprint density at radius 3 is 2.52 bits per heavy atom. The predicted molar refractivity (Wildman–Crippen MR) is 201 cm³/mol. The molecule has 2 aromatic carbocycles. The molecule has 4 aromatic rings. The molecule has 0 spiro atoms. The van der Waals surface area contributed by atoms with Crippen LogP contribution in [0.1, 0.15) is 86.5 Å². The summed E-state index contributed by atoms with van der Waals surface area (Å²) in [6, 6.07) is 9.68. The summed E-state index contributed by atoms with van der Waals surface area (Å²) in [5.74, 6) is -1.57. The lowest BCUT2D eigenvalue weighted by molar-refractivity contribution is -0.136. The molecule has 0 bridgehead atoms. The minimum atomic E-state index is -0.988. The summed E-state index contributed by atoms with van der Waals surface area (Å²) >= 11 is 0. The molecule has 5 aliphatic heterocycles. The van der Waals surface area contributed by atoms with E-state index in [4.69, 9.17) is 4.74 Å². The third kappa shape index (κ3) is 6.23. The predicted octanol–water partition coefficient (Wildman–Crippen LogP) is 2.73. The number of anilines is 2. The van der Waals surface area contributed by atoms with Crippen molar-refractivity contribution < 1.29 is 33.5 Å². The summed E-state index contributed by atoms with van der Waals surface area (Å²) in [7, 11) is 0. The minimum absolute atomic E-state index is 0.0267. The van der Waals surface area contributed by atoms with Gasteiger partial charge in [-0.2, -0.15) is 5.10 Å². The number of amides is 6. The fourth-order valence-electron chi connectivity index (χ4n) is 8.62. The van der Waals surface area contributed by atoms with Crippen LogP contribution in [0.4, 0.5) is 11.4 Å². The van der Waals surface area contributed by atoms with Crippen molar-refractivity contribution in [3.63, 3.8) is 0 Å². The zero-order chi connectivity index (χ0) is 38.8. The highest BCUT2D eigenvalue weighted by Crippen LogP contribution is 2.38. The highest BCUT2D eigenvalue weighted by molar-refractivity contribution is 6.23. The third-order valence-electron chi connectivity index (χ3n) is 11.4. The summed E-state index contributed by atoms with van der Waals surface area (Å²) in [6.07, 6.45) is 6.54. The van der Waals surface area contributed by atoms with Crippen molar-refractivity contribution in [2.75, 3.05) is 42.9 Å². The van der Waals surface area contributed by atoms with E-state index in [1.165, 1.54) is 10.7 Å². The van der Waals surface area contributed by atoms with Crippen LogP contribution in [0.25, 0.3) is 5.65 Å². The van der Waals surface area contributed by atoms with Gasteiger partial charge in [-0.25, -0.2) is 9.50 Å². The number of likely N-dealkylation sites (tertiary alicyclic amines) is 1. The largest absolute Gasteiger partial charge is 0.489 e. The summed E-state index contributed by atoms with van der Waals surface area (Å²) in [5, 5.41) is 9.44. The van der Waals surface area contributed by atoms with E-state index >= 15 is 0 Å². The second kappa shape index (κ2) is 13.8. The van der Waals surface area contributed by atoms with Crippen LogP contribution >= 0.6 is 0 Å². The van der Waals surface area contributed by atoms with Gasteiger partial charge in [0.1, 0.15) is 17.4 Å². The van der Waals surface area contributed by atoms with Crippen molar-refractivity contribution in [2.45, 2.75) is 64.3 Å². The third-order valence-corrected chi connectivity index (χ3v) is 11.4. The zero-order valence-corrected chi connectivity index (χ0v) is 31.1. The number of aromatic nitrogens is 3. The van der Waals surface area contributed by atoms with E-state index in [1.807, 2.05) is 30.9 Å². The highest BCUT2D eigenvalue weighted by Gasteiger charge is 2.45. The van der Waals surface area contributed by atoms with Crippen molar-refractivity contribution in [1.29, 1.82) is 0 Å². The lowest BCUT2D eigenvalue weighted by atomic mass is 9.95. The Balaban J connectivity index is 0.794. The number of benzene rings is 2. The van der Waals surface area contributed by atoms with Crippen molar-refractivity contribution in [2.24, 2.45) is 5.92 Å². The van der Waals surface area contributed by atoms with Gasteiger partial charge < -0.3 is 24.8 Å². The molecule has 16 nitrogen and oxygen atoms in total. The minimum Gasteiger partial charge on any atom is -0.489 e. The average Bonchev–Trinajstić information content (AvgIpc) is 3.81. The van der Waals surface area contributed by atoms with Crippen LogP contribution in [-0.4, -0.2) is 116 Å². The van der Waals surface area contributed by atoms with E-state index < -0.39 is 29.7 Å². The molecule has 5 aliphatic rings. The highest BCUT2D eigenvalue weighted by atomic mass is 16.5. The van der Waals surface area contributed by atoms with Crippen LogP contribution in [0, 0.1) is 5.92 Å². The molecule has 2 N–H and O–H groups in total. The van der Waals surface area contributed by atoms with Crippen LogP contribution in [0.2, 0.25) is 0 Å². The van der Waals surface area contributed by atoms with E-state index in [-0.39, 0.29) is 47.9 Å². The molecule has 9 rings (SSSR count). The lowest BCUT2D eigenvalue weighted by Crippen LogP contribution is -2.54. The van der Waals surface area contributed by atoms with Crippen LogP contribution in [0.3, 0.4) is 0 Å². The van der Waals surface area contributed by atoms with E-state index in [2.05, 4.69) is 30.5 Å². The number of carbonyl (C=O) groups excluding carboxylic acids is 6. The van der Waals surface area contributed by atoms with Gasteiger partial charge in [0.25, 0.3) is 23.6 Å². The molecule has 1 atom stereocenters. The van der Waals surface area contributed by atoms with Gasteiger partial charge in [-0.05, 0) is 75.1 Å². The molecule has 2 aromatic heterocycles. The standard InChI is InChI=1S/C40H41N9O7/c1-22(2)56-33-16-28-24(14-31(33)43-36(51)30-17-42-48-11-3-10-41-35(30)48)21-47(38(28)53)25-8-12-45(13-9-25)18-23-19-46(20-23)26-4-5-27-29(15-26)40(55)49(39(27)54)32-6-7-34(50)44-37(32)52/h3-5,10-11,14-17,22-23,25,32H,6-9,12-13,18-21H2,1-2H3,(H,43,51)(H,44,50,52). The SMILES string of the molecule is CC(C)Oc1cc2c(cc1NC(=O)c1cnn3cccnc13)CN(C1CCN(CC3CN(c4ccc5c(c4)C(=O)N(C4CCC(=O)NC4=O)C5=O)C3)CC1)C2=O. The Kier molecular flexibility index (Phi) is 8.79. The first-order chi connectivity index (χ1) is 27.0. The molecule has 6 amide bonds. The van der Waals surface area contributed by atoms with Crippen LogP contribution in [0.15, 0.2) is 55.0 Å². The van der Waals surface area contributed by atoms with Gasteiger partial charge in [0.2, 0.25) is 11.8 Å². The van der Waals surface area contributed by atoms with Crippen LogP contribution < -0.4 is 20.3 Å². The van der Waals surface area contributed by atoms with Gasteiger partial charge >= 0.3 is 0 Å². The quantitative estimate of drug-likeness (QED) is 0.240. The number of fused-ring (bicyclic) bond motifs is 3. The Labute approximate surface area is 321 Å². The number of imide groups is 2. The maximum absolute atomic E-state index is 13.8. The Hall–Kier alpha value is -6.16. The van der Waals surface area contributed by atoms with Gasteiger partial charge in [-0.1, -0.05) is 0 Å². The second-order valence-electron chi connectivity index (χ2n) is 15.5. The first kappa shape index (κ1) is 35.5. The summed E-state index contributed by atoms with van der Waals surface area (Å²) in [6.45, 7) is 8.53. The first-order valence-corrected chi connectivity index (χ1v) is 19.1. The molecule has 56 heavy (non-hydrogen) atoms. The maximum Gasteiger partial charge on any atom is 0.262 e. The Bertz CT molecular complexity index is 2330. The molecule has 1 unspecified atom stereocenters. The first-order valence-electron chi connectivity index (χ1n) is 19.1. The molecular formula is C40H41N9O7. The van der Waals surface area contributed by atoms with Gasteiger partial charge in [0.15, 0.2) is 5.65 Å². The van der Waals surface area contributed by atoms with Gasteiger partial charge in [0.05, 0.1) is 29.1 Å². The molecule has 0 saturated carbocycles. The molecule has 16 heteroatoms. The van der Waals surface area contributed by atoms with Crippen molar-refractivity contribution >= 4 is 52.5 Å². The Morgan fingerprint density at radius 2 is 1.75 bits per heavy atom. The lowest BCUT2D eigenvalue weighted by Gasteiger charge is -2.45. The molecule has 0 radical (unpaired) electrons. The average molecular weight is 760 g/mol. The Morgan fingerprint density at radius 1 is 0.964 bits per heavy atom. The van der Waals surface area contributed by atoms with Crippen molar-refractivity contribution in [3.05, 3.63) is 82.8 Å². The smallest absolute Gasteiger partial charge is 0.262 e. The van der Waals surface area contributed by atoms with Gasteiger partial charge in [-0.15, -0.1) is 0 Å². The summed E-state index contributed by atoms with van der Waals surface area (Å²) < 4.78 is 7.63.